The third-order valence-electron chi connectivity index (χ3n) is 8.89. The Bertz CT molecular complexity index is 3200. The van der Waals surface area contributed by atoms with Gasteiger partial charge in [0, 0.05) is 33.2 Å². The molecule has 7 aromatic carbocycles. The van der Waals surface area contributed by atoms with E-state index in [0.717, 1.165) is 27.5 Å². The summed E-state index contributed by atoms with van der Waals surface area (Å²) in [7, 11) is 0. The third-order valence-corrected chi connectivity index (χ3v) is 8.89. The van der Waals surface area contributed by atoms with Crippen molar-refractivity contribution < 1.29 is 13.7 Å². The predicted molar refractivity (Wildman–Crippen MR) is 196 cm³/mol. The average Bonchev–Trinajstić information content (AvgIpc) is 3.83. The topological polar surface area (TPSA) is 43.6 Å². The van der Waals surface area contributed by atoms with Gasteiger partial charge in [-0.2, -0.15) is 0 Å². The van der Waals surface area contributed by atoms with E-state index in [1.807, 2.05) is 91.0 Å². The maximum atomic E-state index is 9.36. The van der Waals surface area contributed by atoms with E-state index in [1.54, 1.807) is 10.6 Å². The Balaban J connectivity index is 1.21. The second-order valence-electron chi connectivity index (χ2n) is 11.7. The number of benzene rings is 7. The lowest BCUT2D eigenvalue weighted by Gasteiger charge is -2.11. The van der Waals surface area contributed by atoms with E-state index in [1.165, 1.54) is 0 Å². The zero-order chi connectivity index (χ0) is 40.3. The molecule has 2 heterocycles. The first-order valence-electron chi connectivity index (χ1n) is 20.5. The summed E-state index contributed by atoms with van der Waals surface area (Å²) in [5, 5.41) is 1.95. The van der Waals surface area contributed by atoms with Gasteiger partial charge in [-0.25, -0.2) is 15.0 Å². The summed E-state index contributed by atoms with van der Waals surface area (Å²) < 4.78 is 90.0. The van der Waals surface area contributed by atoms with E-state index in [2.05, 4.69) is 0 Å². The molecule has 4 nitrogen and oxygen atoms in total. The molecule has 0 fully saturated rings. The monoisotopic (exact) mass is 622 g/mol. The van der Waals surface area contributed by atoms with Crippen LogP contribution < -0.4 is 0 Å². The van der Waals surface area contributed by atoms with Gasteiger partial charge >= 0.3 is 0 Å². The molecular formula is C44H28N4. The van der Waals surface area contributed by atoms with Crippen molar-refractivity contribution in [1.82, 2.24) is 19.5 Å². The molecule has 1 aliphatic rings. The van der Waals surface area contributed by atoms with Crippen molar-refractivity contribution in [3.8, 4) is 51.0 Å². The van der Waals surface area contributed by atoms with Crippen LogP contribution in [0, 0.1) is 0 Å². The van der Waals surface area contributed by atoms with Crippen molar-refractivity contribution in [2.45, 2.75) is 6.42 Å². The second-order valence-corrected chi connectivity index (χ2v) is 11.7. The first kappa shape index (κ1) is 18.7. The number of para-hydroxylation sites is 1. The largest absolute Gasteiger partial charge is 0.309 e. The van der Waals surface area contributed by atoms with Gasteiger partial charge in [-0.3, -0.25) is 0 Å². The molecule has 9 aromatic rings. The summed E-state index contributed by atoms with van der Waals surface area (Å²) in [6, 6.07) is 27.2. The number of hydrogen-bond acceptors (Lipinski definition) is 3. The first-order chi connectivity index (χ1) is 27.9. The van der Waals surface area contributed by atoms with E-state index in [4.69, 9.17) is 25.9 Å². The molecule has 10 rings (SSSR count). The zero-order valence-corrected chi connectivity index (χ0v) is 25.2. The minimum absolute atomic E-state index is 0.0145. The molecule has 0 bridgehead atoms. The van der Waals surface area contributed by atoms with Crippen LogP contribution in [0.4, 0.5) is 0 Å². The van der Waals surface area contributed by atoms with Crippen LogP contribution in [-0.4, -0.2) is 19.5 Å². The van der Waals surface area contributed by atoms with Crippen LogP contribution in [0.25, 0.3) is 83.6 Å². The summed E-state index contributed by atoms with van der Waals surface area (Å²) in [5.74, 6) is 1.53. The normalized spacial score (nSPS) is 15.0. The highest BCUT2D eigenvalue weighted by atomic mass is 15.0. The molecule has 48 heavy (non-hydrogen) atoms. The molecule has 0 spiro atoms. The van der Waals surface area contributed by atoms with Crippen molar-refractivity contribution in [2.75, 3.05) is 0 Å². The number of aromatic nitrogens is 4. The lowest BCUT2D eigenvalue weighted by molar-refractivity contribution is 1.07. The first-order valence-corrected chi connectivity index (χ1v) is 15.5. The maximum absolute atomic E-state index is 9.36. The predicted octanol–water partition coefficient (Wildman–Crippen LogP) is 10.7. The lowest BCUT2D eigenvalue weighted by atomic mass is 9.99. The minimum Gasteiger partial charge on any atom is -0.309 e. The Morgan fingerprint density at radius 1 is 0.521 bits per heavy atom. The molecule has 224 valence electrons. The highest BCUT2D eigenvalue weighted by molar-refractivity contribution is 6.17. The van der Waals surface area contributed by atoms with Crippen LogP contribution in [0.3, 0.4) is 0 Å². The zero-order valence-electron chi connectivity index (χ0n) is 35.2. The fraction of sp³-hybridized carbons (Fsp3) is 0.0227. The molecular weight excluding hydrogens is 585 g/mol. The number of fused-ring (bicyclic) bond motifs is 8. The van der Waals surface area contributed by atoms with Crippen LogP contribution in [0.2, 0.25) is 0 Å². The van der Waals surface area contributed by atoms with Gasteiger partial charge in [0.2, 0.25) is 0 Å². The van der Waals surface area contributed by atoms with Crippen molar-refractivity contribution in [1.29, 1.82) is 0 Å². The molecule has 0 saturated heterocycles. The molecule has 1 aliphatic carbocycles. The van der Waals surface area contributed by atoms with Gasteiger partial charge in [-0.15, -0.1) is 0 Å². The van der Waals surface area contributed by atoms with Gasteiger partial charge in [0.25, 0.3) is 0 Å². The van der Waals surface area contributed by atoms with Gasteiger partial charge in [-0.05, 0) is 69.7 Å². The molecule has 0 saturated carbocycles. The molecule has 0 N–H and O–H groups in total. The van der Waals surface area contributed by atoms with Crippen LogP contribution in [-0.2, 0) is 6.42 Å². The fourth-order valence-corrected chi connectivity index (χ4v) is 6.68. The highest BCUT2D eigenvalue weighted by Gasteiger charge is 2.24. The van der Waals surface area contributed by atoms with Gasteiger partial charge in [0.15, 0.2) is 17.5 Å². The highest BCUT2D eigenvalue weighted by Crippen LogP contribution is 2.45. The molecule has 0 atom stereocenters. The molecule has 4 heteroatoms. The smallest absolute Gasteiger partial charge is 0.164 e. The van der Waals surface area contributed by atoms with Crippen molar-refractivity contribution in [3.63, 3.8) is 0 Å². The molecule has 0 aliphatic heterocycles. The summed E-state index contributed by atoms with van der Waals surface area (Å²) in [5.41, 5.74) is 4.23. The van der Waals surface area contributed by atoms with Gasteiger partial charge in [0.1, 0.15) is 0 Å². The van der Waals surface area contributed by atoms with Gasteiger partial charge in [-0.1, -0.05) is 127 Å². The van der Waals surface area contributed by atoms with E-state index in [0.29, 0.717) is 34.3 Å². The minimum atomic E-state index is -0.477. The Hall–Kier alpha value is -6.39. The van der Waals surface area contributed by atoms with Crippen LogP contribution in [0.1, 0.15) is 24.8 Å². The summed E-state index contributed by atoms with van der Waals surface area (Å²) in [6.45, 7) is 0. The van der Waals surface area contributed by atoms with Crippen molar-refractivity contribution in [2.24, 2.45) is 0 Å². The fourth-order valence-electron chi connectivity index (χ4n) is 6.68. The summed E-state index contributed by atoms with van der Waals surface area (Å²) >= 11 is 0. The van der Waals surface area contributed by atoms with Crippen LogP contribution >= 0.6 is 0 Å². The summed E-state index contributed by atoms with van der Waals surface area (Å²) in [6.07, 6.45) is -0.0145. The SMILES string of the molecule is [2H]c1c([2H])c([2H])c2c(c1[2H])Cc1c([2H])c([2H])c3c(c1-2)c1c([2H])c([2H])c([2H])c([2H])c1n3-c1ccc2cc(-c3nc(-c4ccccc4)nc(-c4ccccc4)n3)ccc2c1. The van der Waals surface area contributed by atoms with Crippen LogP contribution in [0.15, 0.2) is 157 Å². The lowest BCUT2D eigenvalue weighted by Crippen LogP contribution is -2.00. The Kier molecular flexibility index (Phi) is 4.12. The quantitative estimate of drug-likeness (QED) is 0.196. The Morgan fingerprint density at radius 3 is 1.94 bits per heavy atom. The standard InChI is InChI=1S/C44H28N4/c1-3-11-28(12-4-1)42-45-43(29-13-5-2-6-14-29)47-44(46-42)34-20-19-31-27-35(23-21-30(31)25-34)48-38-18-10-9-17-37(38)41-39(48)24-22-33-26-32-15-7-8-16-36(32)40(33)41/h1-25,27H,26H2/i7D,8D,9D,10D,15D,16D,17D,18D,22D,24D. The van der Waals surface area contributed by atoms with Gasteiger partial charge in [0.05, 0.1) is 24.7 Å². The number of hydrogen-bond donors (Lipinski definition) is 0. The average molecular weight is 623 g/mol. The Labute approximate surface area is 291 Å². The molecule has 0 unspecified atom stereocenters. The number of rotatable bonds is 4. The summed E-state index contributed by atoms with van der Waals surface area (Å²) in [4.78, 5) is 14.5. The Morgan fingerprint density at radius 2 is 1.17 bits per heavy atom. The van der Waals surface area contributed by atoms with Crippen molar-refractivity contribution >= 4 is 32.6 Å². The van der Waals surface area contributed by atoms with E-state index < -0.39 is 24.2 Å². The molecule has 0 amide bonds. The van der Waals surface area contributed by atoms with Gasteiger partial charge < -0.3 is 4.57 Å². The van der Waals surface area contributed by atoms with E-state index in [-0.39, 0.29) is 75.6 Å². The third kappa shape index (κ3) is 4.20. The second kappa shape index (κ2) is 10.6. The van der Waals surface area contributed by atoms with Crippen molar-refractivity contribution in [3.05, 3.63) is 169 Å². The van der Waals surface area contributed by atoms with E-state index in [9.17, 15) is 2.74 Å². The van der Waals surface area contributed by atoms with Crippen LogP contribution in [0.5, 0.6) is 0 Å². The maximum Gasteiger partial charge on any atom is 0.164 e. The molecule has 2 aromatic heterocycles. The molecule has 0 radical (unpaired) electrons. The van der Waals surface area contributed by atoms with E-state index >= 15 is 0 Å². The number of nitrogens with zero attached hydrogens (tertiary/aromatic N) is 4.